The van der Waals surface area contributed by atoms with Crippen molar-refractivity contribution >= 4 is 17.7 Å². The zero-order valence-electron chi connectivity index (χ0n) is 8.30. The first kappa shape index (κ1) is 10.9. The molecule has 0 aromatic heterocycles. The van der Waals surface area contributed by atoms with Crippen LogP contribution in [0.4, 0.5) is 0 Å². The summed E-state index contributed by atoms with van der Waals surface area (Å²) in [5, 5.41) is 3.30. The van der Waals surface area contributed by atoms with Crippen molar-refractivity contribution in [3.8, 4) is 0 Å². The first-order chi connectivity index (χ1) is 6.02. The smallest absolute Gasteiger partial charge is 0.237 e. The highest BCUT2D eigenvalue weighted by molar-refractivity contribution is 7.99. The Balaban J connectivity index is 2.41. The van der Waals surface area contributed by atoms with E-state index in [0.717, 1.165) is 12.2 Å². The first-order valence-corrected chi connectivity index (χ1v) is 5.83. The minimum absolute atomic E-state index is 0.275. The van der Waals surface area contributed by atoms with E-state index in [1.807, 2.05) is 25.6 Å². The highest BCUT2D eigenvalue weighted by atomic mass is 32.2. The summed E-state index contributed by atoms with van der Waals surface area (Å²) < 4.78 is 0. The van der Waals surface area contributed by atoms with Gasteiger partial charge in [-0.25, -0.2) is 0 Å². The molecule has 0 spiro atoms. The summed E-state index contributed by atoms with van der Waals surface area (Å²) in [6.07, 6.45) is 2.39. The van der Waals surface area contributed by atoms with Gasteiger partial charge in [-0.05, 0) is 32.4 Å². The minimum Gasteiger partial charge on any atom is -0.368 e. The molecule has 13 heavy (non-hydrogen) atoms. The lowest BCUT2D eigenvalue weighted by molar-refractivity contribution is -0.123. The maximum absolute atomic E-state index is 11.0. The molecule has 1 aliphatic rings. The van der Waals surface area contributed by atoms with E-state index in [1.54, 1.807) is 0 Å². The van der Waals surface area contributed by atoms with Crippen LogP contribution in [-0.4, -0.2) is 29.0 Å². The number of amides is 1. The third-order valence-electron chi connectivity index (χ3n) is 2.34. The van der Waals surface area contributed by atoms with Gasteiger partial charge in [-0.2, -0.15) is 11.8 Å². The standard InChI is InChI=1S/C9H18N2OS/c1-9(2,8(10)12)11-7-4-3-5-13-6-7/h7,11H,3-6H2,1-2H3,(H2,10,12). The van der Waals surface area contributed by atoms with Gasteiger partial charge in [0.25, 0.3) is 0 Å². The van der Waals surface area contributed by atoms with Gasteiger partial charge < -0.3 is 11.1 Å². The Hall–Kier alpha value is -0.220. The van der Waals surface area contributed by atoms with Crippen molar-refractivity contribution in [1.29, 1.82) is 0 Å². The van der Waals surface area contributed by atoms with Gasteiger partial charge in [0, 0.05) is 11.8 Å². The Bertz CT molecular complexity index is 188. The molecule has 1 aliphatic heterocycles. The van der Waals surface area contributed by atoms with Crippen molar-refractivity contribution < 1.29 is 4.79 Å². The molecule has 3 N–H and O–H groups in total. The first-order valence-electron chi connectivity index (χ1n) is 4.68. The molecule has 76 valence electrons. The van der Waals surface area contributed by atoms with E-state index in [4.69, 9.17) is 5.73 Å². The molecule has 1 atom stereocenters. The molecule has 0 radical (unpaired) electrons. The van der Waals surface area contributed by atoms with Crippen LogP contribution in [0.15, 0.2) is 0 Å². The molecule has 1 unspecified atom stereocenters. The molecule has 1 amide bonds. The van der Waals surface area contributed by atoms with Crippen LogP contribution in [0.2, 0.25) is 0 Å². The normalized spacial score (nSPS) is 24.3. The van der Waals surface area contributed by atoms with Crippen LogP contribution in [0.1, 0.15) is 26.7 Å². The van der Waals surface area contributed by atoms with E-state index in [9.17, 15) is 4.79 Å². The van der Waals surface area contributed by atoms with Gasteiger partial charge in [0.1, 0.15) is 0 Å². The summed E-state index contributed by atoms with van der Waals surface area (Å²) in [4.78, 5) is 11.0. The van der Waals surface area contributed by atoms with Gasteiger partial charge >= 0.3 is 0 Å². The van der Waals surface area contributed by atoms with E-state index in [-0.39, 0.29) is 5.91 Å². The zero-order chi connectivity index (χ0) is 9.90. The number of thioether (sulfide) groups is 1. The third-order valence-corrected chi connectivity index (χ3v) is 3.56. The van der Waals surface area contributed by atoms with Crippen LogP contribution in [0.25, 0.3) is 0 Å². The number of carbonyl (C=O) groups is 1. The number of nitrogens with two attached hydrogens (primary N) is 1. The lowest BCUT2D eigenvalue weighted by Crippen LogP contribution is -2.55. The minimum atomic E-state index is -0.567. The second kappa shape index (κ2) is 4.33. The molecule has 1 fully saturated rings. The second-order valence-electron chi connectivity index (χ2n) is 4.05. The van der Waals surface area contributed by atoms with Gasteiger partial charge in [-0.1, -0.05) is 0 Å². The van der Waals surface area contributed by atoms with Gasteiger partial charge in [0.05, 0.1) is 5.54 Å². The van der Waals surface area contributed by atoms with Gasteiger partial charge in [-0.3, -0.25) is 4.79 Å². The lowest BCUT2D eigenvalue weighted by atomic mass is 10.0. The Labute approximate surface area is 83.8 Å². The molecule has 4 heteroatoms. The fourth-order valence-corrected chi connectivity index (χ4v) is 2.51. The molecule has 1 heterocycles. The van der Waals surface area contributed by atoms with Crippen LogP contribution in [0, 0.1) is 0 Å². The fraction of sp³-hybridized carbons (Fsp3) is 0.889. The fourth-order valence-electron chi connectivity index (χ4n) is 1.44. The summed E-state index contributed by atoms with van der Waals surface area (Å²) in [6.45, 7) is 3.68. The van der Waals surface area contributed by atoms with Crippen molar-refractivity contribution in [2.24, 2.45) is 5.73 Å². The van der Waals surface area contributed by atoms with Gasteiger partial charge in [0.2, 0.25) is 5.91 Å². The maximum Gasteiger partial charge on any atom is 0.237 e. The van der Waals surface area contributed by atoms with Crippen molar-refractivity contribution in [3.05, 3.63) is 0 Å². The van der Waals surface area contributed by atoms with Crippen molar-refractivity contribution in [1.82, 2.24) is 5.32 Å². The van der Waals surface area contributed by atoms with E-state index < -0.39 is 5.54 Å². The topological polar surface area (TPSA) is 55.1 Å². The number of primary amides is 1. The number of hydrogen-bond donors (Lipinski definition) is 2. The molecular formula is C9H18N2OS. The maximum atomic E-state index is 11.0. The molecule has 0 bridgehead atoms. The third kappa shape index (κ3) is 3.19. The molecule has 1 saturated heterocycles. The average Bonchev–Trinajstić information content (AvgIpc) is 2.05. The summed E-state index contributed by atoms with van der Waals surface area (Å²) >= 11 is 1.94. The summed E-state index contributed by atoms with van der Waals surface area (Å²) in [7, 11) is 0. The molecule has 1 rings (SSSR count). The quantitative estimate of drug-likeness (QED) is 0.709. The predicted octanol–water partition coefficient (Wildman–Crippen LogP) is 0.735. The van der Waals surface area contributed by atoms with Crippen LogP contribution < -0.4 is 11.1 Å². The highest BCUT2D eigenvalue weighted by Crippen LogP contribution is 2.18. The van der Waals surface area contributed by atoms with Gasteiger partial charge in [0.15, 0.2) is 0 Å². The Morgan fingerprint density at radius 3 is 2.77 bits per heavy atom. The van der Waals surface area contributed by atoms with Crippen LogP contribution >= 0.6 is 11.8 Å². The van der Waals surface area contributed by atoms with E-state index in [2.05, 4.69) is 5.32 Å². The van der Waals surface area contributed by atoms with E-state index in [0.29, 0.717) is 6.04 Å². The van der Waals surface area contributed by atoms with Crippen LogP contribution in [0.3, 0.4) is 0 Å². The molecule has 0 saturated carbocycles. The van der Waals surface area contributed by atoms with Crippen molar-refractivity contribution in [3.63, 3.8) is 0 Å². The summed E-state index contributed by atoms with van der Waals surface area (Å²) in [5.74, 6) is 2.06. The summed E-state index contributed by atoms with van der Waals surface area (Å²) in [6, 6.07) is 0.446. The van der Waals surface area contributed by atoms with Gasteiger partial charge in [-0.15, -0.1) is 0 Å². The molecule has 3 nitrogen and oxygen atoms in total. The van der Waals surface area contributed by atoms with Crippen molar-refractivity contribution in [2.45, 2.75) is 38.3 Å². The molecule has 0 aliphatic carbocycles. The number of carbonyl (C=O) groups excluding carboxylic acids is 1. The Morgan fingerprint density at radius 1 is 1.62 bits per heavy atom. The molecule has 0 aromatic carbocycles. The molecule has 0 aromatic rings. The van der Waals surface area contributed by atoms with Crippen LogP contribution in [0.5, 0.6) is 0 Å². The highest BCUT2D eigenvalue weighted by Gasteiger charge is 2.28. The zero-order valence-corrected chi connectivity index (χ0v) is 9.12. The monoisotopic (exact) mass is 202 g/mol. The SMILES string of the molecule is CC(C)(NC1CCCSC1)C(N)=O. The summed E-state index contributed by atoms with van der Waals surface area (Å²) in [5.41, 5.74) is 4.71. The van der Waals surface area contributed by atoms with Crippen LogP contribution in [-0.2, 0) is 4.79 Å². The van der Waals surface area contributed by atoms with Crippen molar-refractivity contribution in [2.75, 3.05) is 11.5 Å². The largest absolute Gasteiger partial charge is 0.368 e. The number of nitrogens with one attached hydrogen (secondary N) is 1. The number of hydrogen-bond acceptors (Lipinski definition) is 3. The van der Waals surface area contributed by atoms with E-state index in [1.165, 1.54) is 12.2 Å². The molecular weight excluding hydrogens is 184 g/mol. The predicted molar refractivity (Wildman–Crippen MR) is 56.8 cm³/mol. The number of rotatable bonds is 3. The lowest BCUT2D eigenvalue weighted by Gasteiger charge is -2.31. The Morgan fingerprint density at radius 2 is 2.31 bits per heavy atom. The average molecular weight is 202 g/mol. The second-order valence-corrected chi connectivity index (χ2v) is 5.20. The van der Waals surface area contributed by atoms with E-state index >= 15 is 0 Å². The Kier molecular flexibility index (Phi) is 3.62.